The summed E-state index contributed by atoms with van der Waals surface area (Å²) in [5.74, 6) is 0.711. The van der Waals surface area contributed by atoms with Crippen molar-refractivity contribution in [2.45, 2.75) is 37.1 Å². The van der Waals surface area contributed by atoms with Crippen molar-refractivity contribution in [1.82, 2.24) is 10.3 Å². The van der Waals surface area contributed by atoms with Crippen LogP contribution in [0.3, 0.4) is 0 Å². The molecule has 0 amide bonds. The summed E-state index contributed by atoms with van der Waals surface area (Å²) in [5.41, 5.74) is 1.60. The van der Waals surface area contributed by atoms with Crippen molar-refractivity contribution in [3.63, 3.8) is 0 Å². The van der Waals surface area contributed by atoms with Crippen LogP contribution in [0.1, 0.15) is 42.2 Å². The van der Waals surface area contributed by atoms with Crippen molar-refractivity contribution in [2.75, 3.05) is 7.05 Å². The Bertz CT molecular complexity index is 499. The largest absolute Gasteiger partial charge is 0.308 e. The molecule has 0 unspecified atom stereocenters. The number of hydrogen-bond donors (Lipinski definition) is 1. The number of benzene rings is 1. The summed E-state index contributed by atoms with van der Waals surface area (Å²) in [6, 6.07) is 10.9. The van der Waals surface area contributed by atoms with E-state index in [1.54, 1.807) is 11.3 Å². The van der Waals surface area contributed by atoms with Gasteiger partial charge in [0.1, 0.15) is 5.01 Å². The maximum absolute atomic E-state index is 4.54. The van der Waals surface area contributed by atoms with Gasteiger partial charge in [0, 0.05) is 11.6 Å². The number of hydrogen-bond acceptors (Lipinski definition) is 3. The van der Waals surface area contributed by atoms with E-state index in [4.69, 9.17) is 0 Å². The summed E-state index contributed by atoms with van der Waals surface area (Å²) >= 11 is 1.78. The fourth-order valence-corrected chi connectivity index (χ4v) is 4.10. The van der Waals surface area contributed by atoms with Gasteiger partial charge < -0.3 is 5.32 Å². The smallest absolute Gasteiger partial charge is 0.113 e. The highest BCUT2D eigenvalue weighted by molar-refractivity contribution is 7.09. The van der Waals surface area contributed by atoms with E-state index in [0.29, 0.717) is 5.92 Å². The zero-order valence-corrected chi connectivity index (χ0v) is 12.1. The van der Waals surface area contributed by atoms with Crippen molar-refractivity contribution in [3.05, 3.63) is 52.5 Å². The maximum atomic E-state index is 4.54. The maximum Gasteiger partial charge on any atom is 0.113 e. The predicted octanol–water partition coefficient (Wildman–Crippen LogP) is 3.92. The second-order valence-corrected chi connectivity index (χ2v) is 6.25. The van der Waals surface area contributed by atoms with E-state index in [9.17, 15) is 0 Å². The first-order valence-electron chi connectivity index (χ1n) is 6.98. The molecule has 19 heavy (non-hydrogen) atoms. The second kappa shape index (κ2) is 5.43. The summed E-state index contributed by atoms with van der Waals surface area (Å²) < 4.78 is 0. The van der Waals surface area contributed by atoms with E-state index >= 15 is 0 Å². The molecular formula is C16H20N2S. The summed E-state index contributed by atoms with van der Waals surface area (Å²) in [7, 11) is 2.07. The molecule has 1 aliphatic rings. The Balaban J connectivity index is 1.75. The van der Waals surface area contributed by atoms with Gasteiger partial charge in [0.05, 0.1) is 5.54 Å². The molecule has 3 rings (SSSR count). The van der Waals surface area contributed by atoms with Crippen molar-refractivity contribution in [1.29, 1.82) is 0 Å². The molecule has 100 valence electrons. The molecule has 3 heteroatoms. The minimum atomic E-state index is 0.111. The van der Waals surface area contributed by atoms with Crippen LogP contribution in [0.4, 0.5) is 0 Å². The molecule has 1 saturated carbocycles. The molecule has 0 atom stereocenters. The molecular weight excluding hydrogens is 252 g/mol. The third-order valence-electron chi connectivity index (χ3n) is 4.43. The van der Waals surface area contributed by atoms with E-state index in [-0.39, 0.29) is 5.54 Å². The number of thiazole rings is 1. The third kappa shape index (κ3) is 2.45. The molecule has 0 aliphatic heterocycles. The highest BCUT2D eigenvalue weighted by Gasteiger charge is 2.37. The van der Waals surface area contributed by atoms with Gasteiger partial charge in [-0.05, 0) is 44.2 Å². The van der Waals surface area contributed by atoms with Crippen molar-refractivity contribution < 1.29 is 0 Å². The fraction of sp³-hybridized carbons (Fsp3) is 0.438. The first-order valence-corrected chi connectivity index (χ1v) is 7.86. The molecule has 1 heterocycles. The molecule has 1 aliphatic carbocycles. The summed E-state index contributed by atoms with van der Waals surface area (Å²) in [4.78, 5) is 4.54. The Labute approximate surface area is 118 Å². The van der Waals surface area contributed by atoms with Crippen LogP contribution < -0.4 is 5.32 Å². The molecule has 0 spiro atoms. The van der Waals surface area contributed by atoms with Crippen LogP contribution in [0.2, 0.25) is 0 Å². The monoisotopic (exact) mass is 272 g/mol. The van der Waals surface area contributed by atoms with E-state index in [1.807, 2.05) is 6.20 Å². The Morgan fingerprint density at radius 1 is 1.21 bits per heavy atom. The quantitative estimate of drug-likeness (QED) is 0.916. The summed E-state index contributed by atoms with van der Waals surface area (Å²) in [6.07, 6.45) is 6.75. The molecule has 1 N–H and O–H groups in total. The first kappa shape index (κ1) is 12.8. The lowest BCUT2D eigenvalue weighted by Gasteiger charge is -2.38. The zero-order chi connectivity index (χ0) is 13.1. The topological polar surface area (TPSA) is 24.9 Å². The molecule has 2 nitrogen and oxygen atoms in total. The number of aromatic nitrogens is 1. The Morgan fingerprint density at radius 3 is 2.53 bits per heavy atom. The number of nitrogens with zero attached hydrogens (tertiary/aromatic N) is 1. The highest BCUT2D eigenvalue weighted by Crippen LogP contribution is 2.43. The van der Waals surface area contributed by atoms with Crippen molar-refractivity contribution in [3.8, 4) is 0 Å². The predicted molar refractivity (Wildman–Crippen MR) is 80.5 cm³/mol. The van der Waals surface area contributed by atoms with Gasteiger partial charge in [0.15, 0.2) is 0 Å². The molecule has 0 radical (unpaired) electrons. The number of nitrogens with one attached hydrogen (secondary N) is 1. The lowest BCUT2D eigenvalue weighted by atomic mass is 9.74. The lowest BCUT2D eigenvalue weighted by molar-refractivity contribution is 0.230. The van der Waals surface area contributed by atoms with Gasteiger partial charge in [-0.2, -0.15) is 0 Å². The average Bonchev–Trinajstić information content (AvgIpc) is 3.03. The van der Waals surface area contributed by atoms with Crippen LogP contribution in [0.5, 0.6) is 0 Å². The van der Waals surface area contributed by atoms with Gasteiger partial charge >= 0.3 is 0 Å². The first-order chi connectivity index (χ1) is 9.34. The van der Waals surface area contributed by atoms with Crippen LogP contribution in [-0.4, -0.2) is 12.0 Å². The van der Waals surface area contributed by atoms with Crippen LogP contribution >= 0.6 is 11.3 Å². The van der Waals surface area contributed by atoms with Crippen molar-refractivity contribution >= 4 is 11.3 Å². The van der Waals surface area contributed by atoms with Gasteiger partial charge in [-0.3, -0.25) is 0 Å². The Kier molecular flexibility index (Phi) is 3.67. The molecule has 1 aromatic heterocycles. The van der Waals surface area contributed by atoms with Crippen LogP contribution in [0.25, 0.3) is 0 Å². The van der Waals surface area contributed by atoms with E-state index in [1.165, 1.54) is 36.3 Å². The van der Waals surface area contributed by atoms with Crippen LogP contribution in [0.15, 0.2) is 41.9 Å². The fourth-order valence-electron chi connectivity index (χ4n) is 3.20. The Morgan fingerprint density at radius 2 is 1.95 bits per heavy atom. The summed E-state index contributed by atoms with van der Waals surface area (Å²) in [6.45, 7) is 0. The SMILES string of the molecule is CNC1(c2nccs2)CCC(c2ccccc2)CC1. The second-order valence-electron chi connectivity index (χ2n) is 5.35. The average molecular weight is 272 g/mol. The lowest BCUT2D eigenvalue weighted by Crippen LogP contribution is -2.42. The third-order valence-corrected chi connectivity index (χ3v) is 5.41. The van der Waals surface area contributed by atoms with Crippen molar-refractivity contribution in [2.24, 2.45) is 0 Å². The van der Waals surface area contributed by atoms with Crippen LogP contribution in [-0.2, 0) is 5.54 Å². The Hall–Kier alpha value is -1.19. The number of rotatable bonds is 3. The zero-order valence-electron chi connectivity index (χ0n) is 11.3. The normalized spacial score (nSPS) is 27.3. The van der Waals surface area contributed by atoms with Gasteiger partial charge in [-0.25, -0.2) is 4.98 Å². The standard InChI is InChI=1S/C16H20N2S/c1-17-16(15-18-11-12-19-15)9-7-14(8-10-16)13-5-3-2-4-6-13/h2-6,11-12,14,17H,7-10H2,1H3. The summed E-state index contributed by atoms with van der Waals surface area (Å²) in [5, 5.41) is 6.87. The van der Waals surface area contributed by atoms with E-state index in [0.717, 1.165) is 0 Å². The van der Waals surface area contributed by atoms with E-state index in [2.05, 4.69) is 53.1 Å². The van der Waals surface area contributed by atoms with Gasteiger partial charge in [-0.15, -0.1) is 11.3 Å². The van der Waals surface area contributed by atoms with Crippen LogP contribution in [0, 0.1) is 0 Å². The van der Waals surface area contributed by atoms with Gasteiger partial charge in [0.2, 0.25) is 0 Å². The molecule has 0 saturated heterocycles. The minimum absolute atomic E-state index is 0.111. The molecule has 1 fully saturated rings. The molecule has 2 aromatic rings. The minimum Gasteiger partial charge on any atom is -0.308 e. The van der Waals surface area contributed by atoms with Gasteiger partial charge in [0.25, 0.3) is 0 Å². The van der Waals surface area contributed by atoms with Gasteiger partial charge in [-0.1, -0.05) is 30.3 Å². The molecule has 1 aromatic carbocycles. The van der Waals surface area contributed by atoms with E-state index < -0.39 is 0 Å². The molecule has 0 bridgehead atoms. The highest BCUT2D eigenvalue weighted by atomic mass is 32.1.